The van der Waals surface area contributed by atoms with Crippen molar-refractivity contribution in [2.24, 2.45) is 5.92 Å². The molecule has 1 aliphatic rings. The Morgan fingerprint density at radius 2 is 1.83 bits per heavy atom. The lowest BCUT2D eigenvalue weighted by Gasteiger charge is -2.16. The van der Waals surface area contributed by atoms with E-state index in [1.807, 2.05) is 30.3 Å². The summed E-state index contributed by atoms with van der Waals surface area (Å²) in [7, 11) is 0. The third-order valence-corrected chi connectivity index (χ3v) is 3.97. The first kappa shape index (κ1) is 15.2. The van der Waals surface area contributed by atoms with E-state index in [-0.39, 0.29) is 17.6 Å². The molecule has 1 aliphatic heterocycles. The van der Waals surface area contributed by atoms with Gasteiger partial charge in [-0.1, -0.05) is 30.3 Å². The Balaban J connectivity index is 1.62. The molecule has 118 valence electrons. The highest BCUT2D eigenvalue weighted by molar-refractivity contribution is 6.09. The summed E-state index contributed by atoms with van der Waals surface area (Å²) in [5, 5.41) is 2.81. The van der Waals surface area contributed by atoms with Crippen LogP contribution in [0.3, 0.4) is 0 Å². The van der Waals surface area contributed by atoms with E-state index in [4.69, 9.17) is 0 Å². The monoisotopic (exact) mass is 312 g/mol. The minimum atomic E-state index is -0.677. The Morgan fingerprint density at radius 1 is 1.13 bits per heavy atom. The first-order chi connectivity index (χ1) is 11.1. The van der Waals surface area contributed by atoms with E-state index < -0.39 is 5.92 Å². The summed E-state index contributed by atoms with van der Waals surface area (Å²) in [5.41, 5.74) is 1.61. The Bertz CT molecular complexity index is 701. The van der Waals surface area contributed by atoms with E-state index in [2.05, 4.69) is 5.32 Å². The largest absolute Gasteiger partial charge is 0.351 e. The van der Waals surface area contributed by atoms with Gasteiger partial charge in [0.05, 0.1) is 0 Å². The molecular weight excluding hydrogens is 295 g/mol. The molecule has 0 saturated carbocycles. The Labute approximate surface area is 133 Å². The predicted molar refractivity (Wildman–Crippen MR) is 85.1 cm³/mol. The molecule has 2 amide bonds. The summed E-state index contributed by atoms with van der Waals surface area (Å²) in [6.45, 7) is 0.869. The van der Waals surface area contributed by atoms with Gasteiger partial charge in [0.1, 0.15) is 11.7 Å². The quantitative estimate of drug-likeness (QED) is 0.882. The fourth-order valence-electron chi connectivity index (χ4n) is 2.71. The summed E-state index contributed by atoms with van der Waals surface area (Å²) >= 11 is 0. The van der Waals surface area contributed by atoms with Crippen LogP contribution in [0.1, 0.15) is 12.0 Å². The number of nitrogens with one attached hydrogen (secondary N) is 1. The van der Waals surface area contributed by atoms with Gasteiger partial charge in [-0.3, -0.25) is 9.59 Å². The molecule has 0 unspecified atom stereocenters. The predicted octanol–water partition coefficient (Wildman–Crippen LogP) is 2.50. The van der Waals surface area contributed by atoms with Gasteiger partial charge in [-0.2, -0.15) is 0 Å². The van der Waals surface area contributed by atoms with Gasteiger partial charge in [0.15, 0.2) is 0 Å². The third kappa shape index (κ3) is 3.39. The van der Waals surface area contributed by atoms with Crippen LogP contribution in [0.15, 0.2) is 54.6 Å². The normalized spacial score (nSPS) is 17.3. The van der Waals surface area contributed by atoms with Crippen molar-refractivity contribution in [3.05, 3.63) is 66.0 Å². The number of hydrogen-bond acceptors (Lipinski definition) is 2. The summed E-state index contributed by atoms with van der Waals surface area (Å²) in [4.78, 5) is 26.2. The fraction of sp³-hybridized carbons (Fsp3) is 0.222. The zero-order valence-electron chi connectivity index (χ0n) is 12.5. The van der Waals surface area contributed by atoms with Crippen LogP contribution in [-0.2, 0) is 16.1 Å². The van der Waals surface area contributed by atoms with E-state index in [1.165, 1.54) is 17.0 Å². The van der Waals surface area contributed by atoms with Crippen LogP contribution in [0, 0.1) is 11.7 Å². The number of anilines is 1. The molecule has 5 heteroatoms. The number of rotatable bonds is 4. The lowest BCUT2D eigenvalue weighted by Crippen LogP contribution is -2.36. The molecule has 0 spiro atoms. The van der Waals surface area contributed by atoms with Crippen LogP contribution >= 0.6 is 0 Å². The molecule has 3 rings (SSSR count). The van der Waals surface area contributed by atoms with Crippen molar-refractivity contribution in [2.45, 2.75) is 13.0 Å². The maximum Gasteiger partial charge on any atom is 0.239 e. The van der Waals surface area contributed by atoms with Crippen LogP contribution in [0.5, 0.6) is 0 Å². The van der Waals surface area contributed by atoms with Gasteiger partial charge in [-0.15, -0.1) is 0 Å². The van der Waals surface area contributed by atoms with Crippen LogP contribution in [0.2, 0.25) is 0 Å². The van der Waals surface area contributed by atoms with Crippen LogP contribution < -0.4 is 10.2 Å². The topological polar surface area (TPSA) is 49.4 Å². The molecule has 1 fully saturated rings. The first-order valence-corrected chi connectivity index (χ1v) is 7.54. The number of hydrogen-bond donors (Lipinski definition) is 1. The number of benzene rings is 2. The van der Waals surface area contributed by atoms with Crippen molar-refractivity contribution in [3.8, 4) is 0 Å². The Hall–Kier alpha value is -2.69. The minimum Gasteiger partial charge on any atom is -0.351 e. The summed E-state index contributed by atoms with van der Waals surface area (Å²) in [5.74, 6) is -1.52. The molecule has 0 radical (unpaired) electrons. The van der Waals surface area contributed by atoms with Gasteiger partial charge < -0.3 is 10.2 Å². The second-order valence-corrected chi connectivity index (χ2v) is 5.51. The smallest absolute Gasteiger partial charge is 0.239 e. The second-order valence-electron chi connectivity index (χ2n) is 5.51. The number of amides is 2. The molecule has 0 aliphatic carbocycles. The van der Waals surface area contributed by atoms with Crippen LogP contribution in [0.4, 0.5) is 10.1 Å². The molecule has 0 aromatic heterocycles. The molecule has 1 saturated heterocycles. The van der Waals surface area contributed by atoms with Crippen molar-refractivity contribution >= 4 is 17.5 Å². The van der Waals surface area contributed by atoms with E-state index in [1.54, 1.807) is 12.1 Å². The third-order valence-electron chi connectivity index (χ3n) is 3.97. The van der Waals surface area contributed by atoms with Crippen LogP contribution in [0.25, 0.3) is 0 Å². The Kier molecular flexibility index (Phi) is 4.37. The lowest BCUT2D eigenvalue weighted by atomic mass is 10.1. The second kappa shape index (κ2) is 6.60. The molecule has 2 aromatic rings. The average Bonchev–Trinajstić information content (AvgIpc) is 2.96. The summed E-state index contributed by atoms with van der Waals surface area (Å²) in [6, 6.07) is 15.3. The van der Waals surface area contributed by atoms with E-state index in [9.17, 15) is 14.0 Å². The van der Waals surface area contributed by atoms with Gasteiger partial charge in [-0.05, 0) is 36.2 Å². The van der Waals surface area contributed by atoms with Gasteiger partial charge in [0.25, 0.3) is 0 Å². The molecule has 2 aromatic carbocycles. The molecule has 1 heterocycles. The molecule has 1 N–H and O–H groups in total. The zero-order chi connectivity index (χ0) is 16.2. The van der Waals surface area contributed by atoms with Gasteiger partial charge >= 0.3 is 0 Å². The van der Waals surface area contributed by atoms with Crippen molar-refractivity contribution < 1.29 is 14.0 Å². The van der Waals surface area contributed by atoms with Gasteiger partial charge in [0.2, 0.25) is 11.8 Å². The fourth-order valence-corrected chi connectivity index (χ4v) is 2.71. The Morgan fingerprint density at radius 3 is 2.52 bits per heavy atom. The van der Waals surface area contributed by atoms with Crippen LogP contribution in [-0.4, -0.2) is 18.4 Å². The maximum atomic E-state index is 13.0. The first-order valence-electron chi connectivity index (χ1n) is 7.54. The zero-order valence-corrected chi connectivity index (χ0v) is 12.5. The van der Waals surface area contributed by atoms with Crippen molar-refractivity contribution in [2.75, 3.05) is 11.4 Å². The SMILES string of the molecule is O=C(NCc1ccccc1)[C@@H]1CCN(c2ccc(F)cc2)C1=O. The average molecular weight is 312 g/mol. The van der Waals surface area contributed by atoms with Crippen molar-refractivity contribution in [3.63, 3.8) is 0 Å². The molecule has 4 nitrogen and oxygen atoms in total. The number of carbonyl (C=O) groups excluding carboxylic acids is 2. The summed E-state index contributed by atoms with van der Waals surface area (Å²) < 4.78 is 13.0. The highest BCUT2D eigenvalue weighted by Crippen LogP contribution is 2.25. The molecule has 1 atom stereocenters. The number of nitrogens with zero attached hydrogens (tertiary/aromatic N) is 1. The molecular formula is C18H17FN2O2. The number of carbonyl (C=O) groups is 2. The minimum absolute atomic E-state index is 0.234. The van der Waals surface area contributed by atoms with Gasteiger partial charge in [0, 0.05) is 18.8 Å². The van der Waals surface area contributed by atoms with E-state index >= 15 is 0 Å². The highest BCUT2D eigenvalue weighted by Gasteiger charge is 2.37. The van der Waals surface area contributed by atoms with Crippen molar-refractivity contribution in [1.82, 2.24) is 5.32 Å². The summed E-state index contributed by atoms with van der Waals surface area (Å²) in [6.07, 6.45) is 0.469. The van der Waals surface area contributed by atoms with E-state index in [0.717, 1.165) is 5.56 Å². The lowest BCUT2D eigenvalue weighted by molar-refractivity contribution is -0.132. The molecule has 0 bridgehead atoms. The maximum absolute atomic E-state index is 13.0. The number of halogens is 1. The molecule has 23 heavy (non-hydrogen) atoms. The van der Waals surface area contributed by atoms with E-state index in [0.29, 0.717) is 25.2 Å². The highest BCUT2D eigenvalue weighted by atomic mass is 19.1. The van der Waals surface area contributed by atoms with Crippen molar-refractivity contribution in [1.29, 1.82) is 0 Å². The standard InChI is InChI=1S/C18H17FN2O2/c19-14-6-8-15(9-7-14)21-11-10-16(18(21)23)17(22)20-12-13-4-2-1-3-5-13/h1-9,16H,10-12H2,(H,20,22)/t16-/m0/s1. The van der Waals surface area contributed by atoms with Gasteiger partial charge in [-0.25, -0.2) is 4.39 Å².